The normalized spacial score (nSPS) is 27.4. The number of esters is 1. The second kappa shape index (κ2) is 11.8. The van der Waals surface area contributed by atoms with Crippen molar-refractivity contribution in [3.63, 3.8) is 0 Å². The van der Waals surface area contributed by atoms with Crippen LogP contribution in [-0.4, -0.2) is 37.9 Å². The quantitative estimate of drug-likeness (QED) is 0.364. The SMILES string of the molecule is CCCC#C/C=C/C#CCCCCCC1OC(C)(OC)C(C)(OC)OC1=O. The summed E-state index contributed by atoms with van der Waals surface area (Å²) in [7, 11) is 2.97. The lowest BCUT2D eigenvalue weighted by Crippen LogP contribution is -2.64. The van der Waals surface area contributed by atoms with Gasteiger partial charge in [-0.15, -0.1) is 0 Å². The molecule has 1 aliphatic heterocycles. The fourth-order valence-corrected chi connectivity index (χ4v) is 2.60. The van der Waals surface area contributed by atoms with E-state index in [1.165, 1.54) is 14.2 Å². The Morgan fingerprint density at radius 1 is 1.00 bits per heavy atom. The van der Waals surface area contributed by atoms with Crippen LogP contribution in [0.3, 0.4) is 0 Å². The van der Waals surface area contributed by atoms with Crippen LogP contribution in [0.2, 0.25) is 0 Å². The number of hydrogen-bond acceptors (Lipinski definition) is 5. The maximum atomic E-state index is 12.2. The van der Waals surface area contributed by atoms with Gasteiger partial charge in [-0.2, -0.15) is 0 Å². The molecule has 0 aliphatic carbocycles. The zero-order valence-electron chi connectivity index (χ0n) is 17.2. The van der Waals surface area contributed by atoms with E-state index in [-0.39, 0.29) is 0 Å². The smallest absolute Gasteiger partial charge is 0.338 e. The third-order valence-corrected chi connectivity index (χ3v) is 4.63. The Hall–Kier alpha value is -1.79. The van der Waals surface area contributed by atoms with Crippen LogP contribution in [0.25, 0.3) is 0 Å². The molecule has 0 spiro atoms. The largest absolute Gasteiger partial charge is 0.425 e. The van der Waals surface area contributed by atoms with Crippen molar-refractivity contribution >= 4 is 5.97 Å². The molecule has 0 aromatic heterocycles. The third kappa shape index (κ3) is 7.03. The summed E-state index contributed by atoms with van der Waals surface area (Å²) in [5.41, 5.74) is 0. The first-order chi connectivity index (χ1) is 12.9. The minimum Gasteiger partial charge on any atom is -0.425 e. The fourth-order valence-electron chi connectivity index (χ4n) is 2.60. The van der Waals surface area contributed by atoms with Gasteiger partial charge in [0.25, 0.3) is 5.79 Å². The van der Waals surface area contributed by atoms with Crippen molar-refractivity contribution in [3.8, 4) is 23.7 Å². The molecule has 150 valence electrons. The molecule has 1 heterocycles. The molecule has 5 heteroatoms. The van der Waals surface area contributed by atoms with Crippen LogP contribution in [0.4, 0.5) is 0 Å². The van der Waals surface area contributed by atoms with E-state index in [0.717, 1.165) is 38.5 Å². The highest BCUT2D eigenvalue weighted by molar-refractivity contribution is 5.75. The second-order valence-electron chi connectivity index (χ2n) is 6.65. The lowest BCUT2D eigenvalue weighted by Gasteiger charge is -2.47. The molecule has 1 saturated heterocycles. The summed E-state index contributed by atoms with van der Waals surface area (Å²) in [4.78, 5) is 12.2. The first kappa shape index (κ1) is 23.2. The molecule has 3 unspecified atom stereocenters. The molecule has 0 aromatic rings. The predicted molar refractivity (Wildman–Crippen MR) is 104 cm³/mol. The van der Waals surface area contributed by atoms with E-state index in [1.54, 1.807) is 26.0 Å². The maximum absolute atomic E-state index is 12.2. The fraction of sp³-hybridized carbons (Fsp3) is 0.682. The number of cyclic esters (lactones) is 1. The number of carbonyl (C=O) groups is 1. The predicted octanol–water partition coefficient (Wildman–Crippen LogP) is 3.97. The minimum atomic E-state index is -1.26. The first-order valence-corrected chi connectivity index (χ1v) is 9.55. The molecule has 5 nitrogen and oxygen atoms in total. The van der Waals surface area contributed by atoms with Crippen molar-refractivity contribution < 1.29 is 23.7 Å². The van der Waals surface area contributed by atoms with Gasteiger partial charge in [-0.05, 0) is 38.3 Å². The molecule has 3 atom stereocenters. The van der Waals surface area contributed by atoms with Crippen LogP contribution in [0.15, 0.2) is 12.2 Å². The van der Waals surface area contributed by atoms with Gasteiger partial charge in [-0.1, -0.05) is 43.4 Å². The number of hydrogen-bond donors (Lipinski definition) is 0. The summed E-state index contributed by atoms with van der Waals surface area (Å²) in [6.45, 7) is 5.45. The summed E-state index contributed by atoms with van der Waals surface area (Å²) in [6.07, 6.45) is 9.11. The number of allylic oxidation sites excluding steroid dienone is 2. The zero-order chi connectivity index (χ0) is 20.2. The van der Waals surface area contributed by atoms with E-state index < -0.39 is 23.6 Å². The molecule has 1 rings (SSSR count). The number of ether oxygens (including phenoxy) is 4. The summed E-state index contributed by atoms with van der Waals surface area (Å²) in [5, 5.41) is 0. The molecule has 0 N–H and O–H groups in total. The Kier molecular flexibility index (Phi) is 10.2. The van der Waals surface area contributed by atoms with E-state index in [1.807, 2.05) is 0 Å². The molecule has 1 aliphatic rings. The van der Waals surface area contributed by atoms with E-state index in [4.69, 9.17) is 18.9 Å². The van der Waals surface area contributed by atoms with Crippen molar-refractivity contribution in [1.82, 2.24) is 0 Å². The Balaban J connectivity index is 2.31. The molecular weight excluding hydrogens is 344 g/mol. The molecule has 0 aromatic carbocycles. The van der Waals surface area contributed by atoms with E-state index in [9.17, 15) is 4.79 Å². The number of unbranched alkanes of at least 4 members (excludes halogenated alkanes) is 4. The van der Waals surface area contributed by atoms with Crippen molar-refractivity contribution in [2.24, 2.45) is 0 Å². The van der Waals surface area contributed by atoms with Crippen LogP contribution in [-0.2, 0) is 23.7 Å². The van der Waals surface area contributed by atoms with Gasteiger partial charge in [0.2, 0.25) is 5.79 Å². The van der Waals surface area contributed by atoms with E-state index in [0.29, 0.717) is 6.42 Å². The first-order valence-electron chi connectivity index (χ1n) is 9.55. The zero-order valence-corrected chi connectivity index (χ0v) is 17.2. The van der Waals surface area contributed by atoms with Crippen molar-refractivity contribution in [2.45, 2.75) is 83.4 Å². The average molecular weight is 376 g/mol. The van der Waals surface area contributed by atoms with Gasteiger partial charge < -0.3 is 18.9 Å². The summed E-state index contributed by atoms with van der Waals surface area (Å²) in [5.74, 6) is 9.25. The topological polar surface area (TPSA) is 54.0 Å². The molecule has 1 fully saturated rings. The standard InChI is InChI=1S/C22H32O5/c1-6-7-8-9-10-11-12-13-14-15-16-17-18-19-20(23)27-22(3,25-5)21(2,24-4)26-19/h10-11,19H,6-7,14-18H2,1-5H3/b11-10+. The number of methoxy groups -OCH3 is 2. The van der Waals surface area contributed by atoms with Crippen LogP contribution in [0, 0.1) is 23.7 Å². The molecule has 0 saturated carbocycles. The lowest BCUT2D eigenvalue weighted by atomic mass is 10.0. The van der Waals surface area contributed by atoms with Gasteiger partial charge in [-0.3, -0.25) is 0 Å². The summed E-state index contributed by atoms with van der Waals surface area (Å²) < 4.78 is 22.0. The molecule has 0 bridgehead atoms. The summed E-state index contributed by atoms with van der Waals surface area (Å²) >= 11 is 0. The van der Waals surface area contributed by atoms with Gasteiger partial charge in [0.1, 0.15) is 0 Å². The van der Waals surface area contributed by atoms with Crippen LogP contribution in [0.1, 0.15) is 65.7 Å². The molecule has 0 amide bonds. The Morgan fingerprint density at radius 2 is 1.63 bits per heavy atom. The van der Waals surface area contributed by atoms with Crippen LogP contribution >= 0.6 is 0 Å². The Bertz CT molecular complexity index is 618. The van der Waals surface area contributed by atoms with Crippen molar-refractivity contribution in [3.05, 3.63) is 12.2 Å². The minimum absolute atomic E-state index is 0.414. The van der Waals surface area contributed by atoms with Crippen LogP contribution < -0.4 is 0 Å². The van der Waals surface area contributed by atoms with Crippen molar-refractivity contribution in [1.29, 1.82) is 0 Å². The molecular formula is C22H32O5. The van der Waals surface area contributed by atoms with Gasteiger partial charge in [-0.25, -0.2) is 4.79 Å². The van der Waals surface area contributed by atoms with Gasteiger partial charge in [0.15, 0.2) is 6.10 Å². The highest BCUT2D eigenvalue weighted by Gasteiger charge is 2.57. The lowest BCUT2D eigenvalue weighted by molar-refractivity contribution is -0.406. The monoisotopic (exact) mass is 376 g/mol. The van der Waals surface area contributed by atoms with Gasteiger partial charge in [0.05, 0.1) is 0 Å². The molecule has 27 heavy (non-hydrogen) atoms. The number of carbonyl (C=O) groups excluding carboxylic acids is 1. The van der Waals surface area contributed by atoms with Gasteiger partial charge >= 0.3 is 5.97 Å². The van der Waals surface area contributed by atoms with E-state index in [2.05, 4.69) is 30.6 Å². The maximum Gasteiger partial charge on any atom is 0.338 e. The average Bonchev–Trinajstić information content (AvgIpc) is 2.66. The Morgan fingerprint density at radius 3 is 2.22 bits per heavy atom. The Labute approximate surface area is 163 Å². The van der Waals surface area contributed by atoms with E-state index >= 15 is 0 Å². The van der Waals surface area contributed by atoms with Crippen LogP contribution in [0.5, 0.6) is 0 Å². The highest BCUT2D eigenvalue weighted by Crippen LogP contribution is 2.38. The molecule has 0 radical (unpaired) electrons. The van der Waals surface area contributed by atoms with Crippen molar-refractivity contribution in [2.75, 3.05) is 14.2 Å². The second-order valence-corrected chi connectivity index (χ2v) is 6.65. The highest BCUT2D eigenvalue weighted by atomic mass is 16.8. The van der Waals surface area contributed by atoms with Gasteiger partial charge in [0, 0.05) is 34.0 Å². The summed E-state index contributed by atoms with van der Waals surface area (Å²) in [6, 6.07) is 0. The third-order valence-electron chi connectivity index (χ3n) is 4.63. The number of rotatable bonds is 8.